The van der Waals surface area contributed by atoms with Gasteiger partial charge >= 0.3 is 0 Å². The van der Waals surface area contributed by atoms with Crippen LogP contribution in [0.15, 0.2) is 48.5 Å². The van der Waals surface area contributed by atoms with Gasteiger partial charge in [0, 0.05) is 32.7 Å². The Morgan fingerprint density at radius 3 is 2.44 bits per heavy atom. The van der Waals surface area contributed by atoms with E-state index in [-0.39, 0.29) is 0 Å². The zero-order valence-electron chi connectivity index (χ0n) is 14.6. The van der Waals surface area contributed by atoms with Crippen LogP contribution >= 0.6 is 11.6 Å². The first-order valence-corrected chi connectivity index (χ1v) is 9.09. The zero-order chi connectivity index (χ0) is 17.6. The third-order valence-electron chi connectivity index (χ3n) is 4.56. The quantitative estimate of drug-likeness (QED) is 0.858. The molecule has 1 aliphatic rings. The van der Waals surface area contributed by atoms with Crippen LogP contribution in [-0.2, 0) is 0 Å². The van der Waals surface area contributed by atoms with Crippen LogP contribution in [0.5, 0.6) is 5.75 Å². The fourth-order valence-electron chi connectivity index (χ4n) is 3.13. The fraction of sp³-hybridized carbons (Fsp3) is 0.400. The third-order valence-corrected chi connectivity index (χ3v) is 4.88. The Hall–Kier alpha value is -1.75. The highest BCUT2D eigenvalue weighted by atomic mass is 35.5. The molecule has 0 radical (unpaired) electrons. The smallest absolute Gasteiger partial charge is 0.122 e. The van der Waals surface area contributed by atoms with Crippen LogP contribution in [0.25, 0.3) is 0 Å². The molecule has 1 atom stereocenters. The van der Waals surface area contributed by atoms with E-state index in [4.69, 9.17) is 16.3 Å². The molecule has 3 rings (SSSR count). The van der Waals surface area contributed by atoms with Gasteiger partial charge in [-0.1, -0.05) is 41.9 Å². The van der Waals surface area contributed by atoms with Gasteiger partial charge in [-0.05, 0) is 30.7 Å². The molecule has 0 aromatic heterocycles. The molecule has 0 spiro atoms. The molecular formula is C20H25ClN2O2. The molecule has 1 aliphatic heterocycles. The molecule has 0 saturated carbocycles. The number of aryl methyl sites for hydroxylation is 1. The van der Waals surface area contributed by atoms with Crippen molar-refractivity contribution in [1.29, 1.82) is 0 Å². The molecule has 0 amide bonds. The zero-order valence-corrected chi connectivity index (χ0v) is 15.3. The predicted molar refractivity (Wildman–Crippen MR) is 103 cm³/mol. The van der Waals surface area contributed by atoms with Crippen molar-refractivity contribution in [2.75, 3.05) is 44.2 Å². The van der Waals surface area contributed by atoms with Crippen molar-refractivity contribution in [2.45, 2.75) is 13.0 Å². The second kappa shape index (κ2) is 8.56. The molecule has 25 heavy (non-hydrogen) atoms. The lowest BCUT2D eigenvalue weighted by Gasteiger charge is -2.37. The normalized spacial score (nSPS) is 16.7. The van der Waals surface area contributed by atoms with E-state index >= 15 is 0 Å². The molecule has 1 unspecified atom stereocenters. The van der Waals surface area contributed by atoms with E-state index in [2.05, 4.69) is 15.9 Å². The van der Waals surface area contributed by atoms with Gasteiger partial charge in [0.2, 0.25) is 0 Å². The minimum Gasteiger partial charge on any atom is -0.491 e. The van der Waals surface area contributed by atoms with Gasteiger partial charge in [-0.15, -0.1) is 0 Å². The number of para-hydroxylation sites is 2. The highest BCUT2D eigenvalue weighted by Crippen LogP contribution is 2.26. The maximum atomic E-state index is 10.3. The largest absolute Gasteiger partial charge is 0.491 e. The summed E-state index contributed by atoms with van der Waals surface area (Å²) in [5.41, 5.74) is 2.18. The first-order chi connectivity index (χ1) is 12.1. The Kier molecular flexibility index (Phi) is 6.19. The summed E-state index contributed by atoms with van der Waals surface area (Å²) in [7, 11) is 0. The monoisotopic (exact) mass is 360 g/mol. The average molecular weight is 361 g/mol. The van der Waals surface area contributed by atoms with Crippen molar-refractivity contribution in [3.8, 4) is 5.75 Å². The molecule has 1 saturated heterocycles. The number of hydrogen-bond acceptors (Lipinski definition) is 4. The van der Waals surface area contributed by atoms with Gasteiger partial charge < -0.3 is 14.7 Å². The van der Waals surface area contributed by atoms with Crippen molar-refractivity contribution in [1.82, 2.24) is 4.90 Å². The van der Waals surface area contributed by atoms with E-state index < -0.39 is 6.10 Å². The molecular weight excluding hydrogens is 336 g/mol. The van der Waals surface area contributed by atoms with Crippen LogP contribution in [0.1, 0.15) is 5.56 Å². The predicted octanol–water partition coefficient (Wildman–Crippen LogP) is 3.21. The lowest BCUT2D eigenvalue weighted by molar-refractivity contribution is 0.0661. The van der Waals surface area contributed by atoms with Crippen LogP contribution in [0, 0.1) is 6.92 Å². The van der Waals surface area contributed by atoms with E-state index in [1.165, 1.54) is 0 Å². The van der Waals surface area contributed by atoms with Crippen molar-refractivity contribution in [3.05, 3.63) is 59.1 Å². The molecule has 0 aliphatic carbocycles. The molecule has 2 aromatic rings. The second-order valence-corrected chi connectivity index (χ2v) is 6.88. The van der Waals surface area contributed by atoms with Gasteiger partial charge in [-0.2, -0.15) is 0 Å². The van der Waals surface area contributed by atoms with E-state index in [1.54, 1.807) is 0 Å². The second-order valence-electron chi connectivity index (χ2n) is 6.47. The summed E-state index contributed by atoms with van der Waals surface area (Å²) >= 11 is 6.28. The minimum absolute atomic E-state index is 0.315. The summed E-state index contributed by atoms with van der Waals surface area (Å²) < 4.78 is 5.74. The Labute approximate surface area is 154 Å². The fourth-order valence-corrected chi connectivity index (χ4v) is 3.39. The number of benzene rings is 2. The summed E-state index contributed by atoms with van der Waals surface area (Å²) in [6.45, 7) is 6.59. The molecule has 2 aromatic carbocycles. The SMILES string of the molecule is Cc1ccccc1OCC(O)CN1CCN(c2ccccc2Cl)CC1. The van der Waals surface area contributed by atoms with E-state index in [0.717, 1.165) is 48.2 Å². The molecule has 1 fully saturated rings. The van der Waals surface area contributed by atoms with E-state index in [0.29, 0.717) is 13.2 Å². The Morgan fingerprint density at radius 1 is 1.04 bits per heavy atom. The number of aliphatic hydroxyl groups is 1. The number of anilines is 1. The number of hydrogen-bond donors (Lipinski definition) is 1. The highest BCUT2D eigenvalue weighted by Gasteiger charge is 2.20. The van der Waals surface area contributed by atoms with Crippen LogP contribution in [0.2, 0.25) is 5.02 Å². The van der Waals surface area contributed by atoms with E-state index in [1.807, 2.05) is 49.4 Å². The standard InChI is InChI=1S/C20H25ClN2O2/c1-16-6-2-5-9-20(16)25-15-17(24)14-22-10-12-23(13-11-22)19-8-4-3-7-18(19)21/h2-9,17,24H,10-15H2,1H3. The first-order valence-electron chi connectivity index (χ1n) is 8.72. The summed E-state index contributed by atoms with van der Waals surface area (Å²) in [6, 6.07) is 15.8. The van der Waals surface area contributed by atoms with Gasteiger partial charge in [0.15, 0.2) is 0 Å². The lowest BCUT2D eigenvalue weighted by atomic mass is 10.2. The number of piperazine rings is 1. The molecule has 1 N–H and O–H groups in total. The first kappa shape index (κ1) is 18.1. The number of aliphatic hydroxyl groups excluding tert-OH is 1. The van der Waals surface area contributed by atoms with Crippen LogP contribution in [0.3, 0.4) is 0 Å². The maximum Gasteiger partial charge on any atom is 0.122 e. The molecule has 0 bridgehead atoms. The van der Waals surface area contributed by atoms with Crippen molar-refractivity contribution >= 4 is 17.3 Å². The van der Waals surface area contributed by atoms with Crippen molar-refractivity contribution in [2.24, 2.45) is 0 Å². The molecule has 4 nitrogen and oxygen atoms in total. The van der Waals surface area contributed by atoms with Gasteiger partial charge in [0.25, 0.3) is 0 Å². The van der Waals surface area contributed by atoms with Gasteiger partial charge in [-0.25, -0.2) is 0 Å². The topological polar surface area (TPSA) is 35.9 Å². The molecule has 134 valence electrons. The van der Waals surface area contributed by atoms with Crippen LogP contribution in [0.4, 0.5) is 5.69 Å². The number of rotatable bonds is 6. The van der Waals surface area contributed by atoms with Gasteiger partial charge in [0.1, 0.15) is 18.5 Å². The number of nitrogens with zero attached hydrogens (tertiary/aromatic N) is 2. The summed E-state index contributed by atoms with van der Waals surface area (Å²) in [6.07, 6.45) is -0.494. The Morgan fingerprint density at radius 2 is 1.72 bits per heavy atom. The number of ether oxygens (including phenoxy) is 1. The highest BCUT2D eigenvalue weighted by molar-refractivity contribution is 6.33. The third kappa shape index (κ3) is 4.88. The van der Waals surface area contributed by atoms with Crippen LogP contribution in [-0.4, -0.2) is 55.4 Å². The van der Waals surface area contributed by atoms with Crippen LogP contribution < -0.4 is 9.64 Å². The van der Waals surface area contributed by atoms with Crippen molar-refractivity contribution in [3.63, 3.8) is 0 Å². The van der Waals surface area contributed by atoms with Gasteiger partial charge in [-0.3, -0.25) is 4.90 Å². The summed E-state index contributed by atoms with van der Waals surface area (Å²) in [5, 5.41) is 11.1. The van der Waals surface area contributed by atoms with Crippen molar-refractivity contribution < 1.29 is 9.84 Å². The molecule has 1 heterocycles. The number of β-amino-alcohol motifs (C(OH)–C–C–N with tert-alkyl or cyclic N) is 1. The van der Waals surface area contributed by atoms with Gasteiger partial charge in [0.05, 0.1) is 10.7 Å². The molecule has 5 heteroatoms. The Bertz CT molecular complexity index is 687. The summed E-state index contributed by atoms with van der Waals surface area (Å²) in [4.78, 5) is 4.58. The average Bonchev–Trinajstić information content (AvgIpc) is 2.62. The minimum atomic E-state index is -0.494. The lowest BCUT2D eigenvalue weighted by Crippen LogP contribution is -2.49. The summed E-state index contributed by atoms with van der Waals surface area (Å²) in [5.74, 6) is 0.838. The maximum absolute atomic E-state index is 10.3. The number of halogens is 1. The van der Waals surface area contributed by atoms with E-state index in [9.17, 15) is 5.11 Å². The Balaban J connectivity index is 1.44.